The third-order valence-electron chi connectivity index (χ3n) is 6.90. The van der Waals surface area contributed by atoms with Gasteiger partial charge >= 0.3 is 0 Å². The molecule has 4 rings (SSSR count). The van der Waals surface area contributed by atoms with Crippen LogP contribution in [0.5, 0.6) is 5.75 Å². The highest BCUT2D eigenvalue weighted by Crippen LogP contribution is 2.36. The van der Waals surface area contributed by atoms with Crippen LogP contribution < -0.4 is 26.4 Å². The number of halogens is 1. The molecule has 1 aromatic heterocycles. The summed E-state index contributed by atoms with van der Waals surface area (Å²) in [6.45, 7) is 0.813. The van der Waals surface area contributed by atoms with Crippen molar-refractivity contribution in [1.29, 1.82) is 0 Å². The first-order chi connectivity index (χ1) is 16.0. The fourth-order valence-electron chi connectivity index (χ4n) is 5.01. The smallest absolute Gasteiger partial charge is 0.236 e. The number of ether oxygens (including phenoxy) is 1. The van der Waals surface area contributed by atoms with E-state index in [1.54, 1.807) is 7.11 Å². The van der Waals surface area contributed by atoms with E-state index in [-0.39, 0.29) is 12.0 Å². The van der Waals surface area contributed by atoms with Crippen molar-refractivity contribution in [2.24, 2.45) is 11.7 Å². The molecule has 5 N–H and O–H groups in total. The van der Waals surface area contributed by atoms with Crippen LogP contribution in [-0.2, 0) is 0 Å². The van der Waals surface area contributed by atoms with Crippen molar-refractivity contribution in [1.82, 2.24) is 15.0 Å². The molecule has 1 heterocycles. The van der Waals surface area contributed by atoms with Crippen molar-refractivity contribution in [3.05, 3.63) is 23.2 Å². The van der Waals surface area contributed by atoms with Gasteiger partial charge in [0.1, 0.15) is 5.75 Å². The van der Waals surface area contributed by atoms with Crippen LogP contribution in [0.2, 0.25) is 5.02 Å². The Morgan fingerprint density at radius 2 is 1.76 bits per heavy atom. The molecule has 0 bridgehead atoms. The lowest BCUT2D eigenvalue weighted by Gasteiger charge is -2.32. The fraction of sp³-hybridized carbons (Fsp3) is 0.625. The van der Waals surface area contributed by atoms with Gasteiger partial charge in [-0.2, -0.15) is 15.0 Å². The van der Waals surface area contributed by atoms with Crippen LogP contribution in [0.4, 0.5) is 23.5 Å². The second-order valence-electron chi connectivity index (χ2n) is 9.31. The lowest BCUT2D eigenvalue weighted by atomic mass is 9.86. The standard InChI is InChI=1S/C24H36ClN7O/c1-33-21-13-12-19(14-20(21)25)32(18-6-4-2-3-5-7-18)24-30-22(27)29-23(31-24)28-15-16-8-10-17(26)11-9-16/h12-14,16-18H,2-11,15,26H2,1H3,(H3,27,28,29,30,31). The van der Waals surface area contributed by atoms with E-state index in [9.17, 15) is 0 Å². The first-order valence-electron chi connectivity index (χ1n) is 12.2. The molecule has 2 aliphatic rings. The van der Waals surface area contributed by atoms with Crippen LogP contribution in [0, 0.1) is 5.92 Å². The van der Waals surface area contributed by atoms with Gasteiger partial charge in [-0.3, -0.25) is 0 Å². The number of hydrogen-bond donors (Lipinski definition) is 3. The Morgan fingerprint density at radius 1 is 1.03 bits per heavy atom. The Hall–Kier alpha value is -2.32. The summed E-state index contributed by atoms with van der Waals surface area (Å²) in [5.74, 6) is 2.51. The molecule has 0 aliphatic heterocycles. The Balaban J connectivity index is 1.61. The molecule has 33 heavy (non-hydrogen) atoms. The molecule has 0 amide bonds. The van der Waals surface area contributed by atoms with Crippen molar-refractivity contribution in [3.8, 4) is 5.75 Å². The van der Waals surface area contributed by atoms with Gasteiger partial charge in [-0.05, 0) is 62.6 Å². The molecule has 2 saturated carbocycles. The Labute approximate surface area is 201 Å². The molecule has 180 valence electrons. The molecule has 0 radical (unpaired) electrons. The minimum Gasteiger partial charge on any atom is -0.495 e. The van der Waals surface area contributed by atoms with Crippen molar-refractivity contribution >= 4 is 35.1 Å². The van der Waals surface area contributed by atoms with Crippen molar-refractivity contribution in [2.45, 2.75) is 76.3 Å². The van der Waals surface area contributed by atoms with Gasteiger partial charge in [-0.15, -0.1) is 0 Å². The van der Waals surface area contributed by atoms with Gasteiger partial charge in [-0.1, -0.05) is 37.3 Å². The summed E-state index contributed by atoms with van der Waals surface area (Å²) in [6.07, 6.45) is 11.4. The molecule has 0 saturated heterocycles. The van der Waals surface area contributed by atoms with E-state index in [0.717, 1.165) is 50.8 Å². The van der Waals surface area contributed by atoms with Crippen molar-refractivity contribution in [3.63, 3.8) is 0 Å². The molecule has 8 nitrogen and oxygen atoms in total. The highest BCUT2D eigenvalue weighted by Gasteiger charge is 2.26. The third kappa shape index (κ3) is 6.18. The average Bonchev–Trinajstić information content (AvgIpc) is 3.08. The van der Waals surface area contributed by atoms with E-state index in [4.69, 9.17) is 32.8 Å². The maximum atomic E-state index is 6.49. The number of nitrogens with zero attached hydrogens (tertiary/aromatic N) is 4. The molecular formula is C24H36ClN7O. The highest BCUT2D eigenvalue weighted by molar-refractivity contribution is 6.32. The molecule has 2 fully saturated rings. The number of benzene rings is 1. The second kappa shape index (κ2) is 11.2. The van der Waals surface area contributed by atoms with E-state index in [2.05, 4.69) is 20.2 Å². The quantitative estimate of drug-likeness (QED) is 0.486. The van der Waals surface area contributed by atoms with Crippen LogP contribution in [0.1, 0.15) is 64.2 Å². The summed E-state index contributed by atoms with van der Waals surface area (Å²) in [5, 5.41) is 3.97. The fourth-order valence-corrected chi connectivity index (χ4v) is 5.26. The van der Waals surface area contributed by atoms with Gasteiger partial charge in [0.25, 0.3) is 0 Å². The number of aromatic nitrogens is 3. The second-order valence-corrected chi connectivity index (χ2v) is 9.72. The van der Waals surface area contributed by atoms with Gasteiger partial charge in [-0.25, -0.2) is 0 Å². The summed E-state index contributed by atoms with van der Waals surface area (Å²) >= 11 is 6.49. The first-order valence-corrected chi connectivity index (χ1v) is 12.5. The topological polar surface area (TPSA) is 115 Å². The van der Waals surface area contributed by atoms with E-state index in [0.29, 0.717) is 34.6 Å². The molecule has 1 aromatic carbocycles. The zero-order valence-electron chi connectivity index (χ0n) is 19.5. The number of anilines is 4. The van der Waals surface area contributed by atoms with E-state index in [1.165, 1.54) is 25.7 Å². The van der Waals surface area contributed by atoms with Crippen LogP contribution in [0.3, 0.4) is 0 Å². The largest absolute Gasteiger partial charge is 0.495 e. The number of rotatable bonds is 7. The van der Waals surface area contributed by atoms with Gasteiger partial charge in [0, 0.05) is 24.3 Å². The summed E-state index contributed by atoms with van der Waals surface area (Å²) < 4.78 is 5.36. The zero-order chi connectivity index (χ0) is 23.2. The van der Waals surface area contributed by atoms with E-state index in [1.807, 2.05) is 18.2 Å². The van der Waals surface area contributed by atoms with Gasteiger partial charge in [0.15, 0.2) is 0 Å². The van der Waals surface area contributed by atoms with E-state index < -0.39 is 0 Å². The SMILES string of the molecule is COc1ccc(N(c2nc(N)nc(NCC3CCC(N)CC3)n2)C2CCCCCC2)cc1Cl. The number of methoxy groups -OCH3 is 1. The van der Waals surface area contributed by atoms with Crippen LogP contribution in [-0.4, -0.2) is 40.7 Å². The number of nitrogens with one attached hydrogen (secondary N) is 1. The minimum absolute atomic E-state index is 0.214. The maximum absolute atomic E-state index is 6.49. The summed E-state index contributed by atoms with van der Waals surface area (Å²) in [5.41, 5.74) is 13.1. The molecule has 2 aliphatic carbocycles. The molecule has 2 aromatic rings. The Bertz CT molecular complexity index is 912. The molecule has 0 spiro atoms. The maximum Gasteiger partial charge on any atom is 0.236 e. The molecule has 0 atom stereocenters. The molecular weight excluding hydrogens is 438 g/mol. The number of nitrogens with two attached hydrogens (primary N) is 2. The molecule has 0 unspecified atom stereocenters. The summed E-state index contributed by atoms with van der Waals surface area (Å²) in [7, 11) is 1.62. The number of hydrogen-bond acceptors (Lipinski definition) is 8. The normalized spacial score (nSPS) is 21.9. The van der Waals surface area contributed by atoms with Crippen LogP contribution >= 0.6 is 11.6 Å². The molecule has 9 heteroatoms. The van der Waals surface area contributed by atoms with Crippen LogP contribution in [0.25, 0.3) is 0 Å². The highest BCUT2D eigenvalue weighted by atomic mass is 35.5. The number of nitrogen functional groups attached to an aromatic ring is 1. The van der Waals surface area contributed by atoms with Crippen LogP contribution in [0.15, 0.2) is 18.2 Å². The lowest BCUT2D eigenvalue weighted by molar-refractivity contribution is 0.338. The predicted molar refractivity (Wildman–Crippen MR) is 134 cm³/mol. The third-order valence-corrected chi connectivity index (χ3v) is 7.20. The van der Waals surface area contributed by atoms with Crippen molar-refractivity contribution in [2.75, 3.05) is 29.6 Å². The summed E-state index contributed by atoms with van der Waals surface area (Å²) in [4.78, 5) is 15.9. The Kier molecular flexibility index (Phi) is 8.09. The summed E-state index contributed by atoms with van der Waals surface area (Å²) in [6, 6.07) is 6.42. The first kappa shape index (κ1) is 23.8. The van der Waals surface area contributed by atoms with Gasteiger partial charge in [0.05, 0.1) is 12.1 Å². The van der Waals surface area contributed by atoms with Crippen molar-refractivity contribution < 1.29 is 4.74 Å². The average molecular weight is 474 g/mol. The lowest BCUT2D eigenvalue weighted by Crippen LogP contribution is -2.33. The predicted octanol–water partition coefficient (Wildman–Crippen LogP) is 4.91. The van der Waals surface area contributed by atoms with Gasteiger partial charge < -0.3 is 26.4 Å². The van der Waals surface area contributed by atoms with E-state index >= 15 is 0 Å². The Morgan fingerprint density at radius 3 is 2.42 bits per heavy atom. The van der Waals surface area contributed by atoms with Gasteiger partial charge in [0.2, 0.25) is 17.8 Å². The minimum atomic E-state index is 0.214. The zero-order valence-corrected chi connectivity index (χ0v) is 20.2. The monoisotopic (exact) mass is 473 g/mol.